The van der Waals surface area contributed by atoms with Gasteiger partial charge in [-0.1, -0.05) is 20.8 Å². The van der Waals surface area contributed by atoms with Crippen molar-refractivity contribution in [3.8, 4) is 0 Å². The van der Waals surface area contributed by atoms with E-state index in [1.54, 1.807) is 0 Å². The van der Waals surface area contributed by atoms with E-state index in [9.17, 15) is 9.59 Å². The third-order valence-electron chi connectivity index (χ3n) is 3.61. The average Bonchev–Trinajstić information content (AvgIpc) is 2.55. The fourth-order valence-electron chi connectivity index (χ4n) is 2.16. The lowest BCUT2D eigenvalue weighted by Gasteiger charge is -2.24. The van der Waals surface area contributed by atoms with Crippen molar-refractivity contribution in [1.82, 2.24) is 0 Å². The first-order chi connectivity index (χ1) is 8.99. The Morgan fingerprint density at radius 2 is 1.79 bits per heavy atom. The third kappa shape index (κ3) is 6.60. The summed E-state index contributed by atoms with van der Waals surface area (Å²) in [7, 11) is 0. The van der Waals surface area contributed by atoms with Gasteiger partial charge in [0.1, 0.15) is 6.10 Å². The van der Waals surface area contributed by atoms with Crippen molar-refractivity contribution < 1.29 is 19.1 Å². The number of hydrogen-bond donors (Lipinski definition) is 0. The van der Waals surface area contributed by atoms with E-state index in [1.807, 2.05) is 0 Å². The van der Waals surface area contributed by atoms with Gasteiger partial charge in [-0.25, -0.2) is 0 Å². The first-order valence-electron chi connectivity index (χ1n) is 7.34. The minimum Gasteiger partial charge on any atom is -0.466 e. The standard InChI is InChI=1S/C8H14O2.C7H12O2/c1-6(2)7-4-3-5-8(9)10-7;1-6-2-3-7(8)9-5-4-6/h6-7H,3-5H2,1-2H3;6H,2-5H2,1H3. The molecular weight excluding hydrogens is 244 g/mol. The maximum Gasteiger partial charge on any atom is 0.306 e. The van der Waals surface area contributed by atoms with Gasteiger partial charge in [0.2, 0.25) is 0 Å². The van der Waals surface area contributed by atoms with Gasteiger partial charge in [-0.05, 0) is 37.5 Å². The molecule has 0 bridgehead atoms. The van der Waals surface area contributed by atoms with Crippen LogP contribution in [0.2, 0.25) is 0 Å². The summed E-state index contributed by atoms with van der Waals surface area (Å²) in [6, 6.07) is 0. The SMILES string of the molecule is CC(C)C1CCCC(=O)O1.CC1CCOC(=O)CC1. The number of rotatable bonds is 1. The summed E-state index contributed by atoms with van der Waals surface area (Å²) >= 11 is 0. The highest BCUT2D eigenvalue weighted by atomic mass is 16.5. The van der Waals surface area contributed by atoms with Gasteiger partial charge in [0.15, 0.2) is 0 Å². The molecule has 110 valence electrons. The van der Waals surface area contributed by atoms with E-state index in [-0.39, 0.29) is 18.0 Å². The first kappa shape index (κ1) is 16.0. The molecule has 2 saturated heterocycles. The largest absolute Gasteiger partial charge is 0.466 e. The Bertz CT molecular complexity index is 299. The summed E-state index contributed by atoms with van der Waals surface area (Å²) in [5.41, 5.74) is 0. The zero-order valence-electron chi connectivity index (χ0n) is 12.3. The lowest BCUT2D eigenvalue weighted by molar-refractivity contribution is -0.156. The van der Waals surface area contributed by atoms with E-state index in [1.165, 1.54) is 0 Å². The molecule has 0 aromatic carbocycles. The van der Waals surface area contributed by atoms with Crippen LogP contribution in [0.15, 0.2) is 0 Å². The monoisotopic (exact) mass is 270 g/mol. The zero-order valence-corrected chi connectivity index (χ0v) is 12.3. The predicted molar refractivity (Wildman–Crippen MR) is 72.5 cm³/mol. The zero-order chi connectivity index (χ0) is 14.3. The minimum atomic E-state index is -0.0284. The second-order valence-corrected chi connectivity index (χ2v) is 5.82. The Labute approximate surface area is 115 Å². The van der Waals surface area contributed by atoms with Gasteiger partial charge in [-0.2, -0.15) is 0 Å². The van der Waals surface area contributed by atoms with E-state index < -0.39 is 0 Å². The number of esters is 2. The highest BCUT2D eigenvalue weighted by Gasteiger charge is 2.22. The molecular formula is C15H26O4. The van der Waals surface area contributed by atoms with Crippen molar-refractivity contribution in [2.45, 2.75) is 65.4 Å². The maximum absolute atomic E-state index is 10.8. The molecule has 4 heteroatoms. The maximum atomic E-state index is 10.8. The molecule has 0 aromatic rings. The van der Waals surface area contributed by atoms with Crippen molar-refractivity contribution in [1.29, 1.82) is 0 Å². The first-order valence-corrected chi connectivity index (χ1v) is 7.34. The second-order valence-electron chi connectivity index (χ2n) is 5.82. The normalized spacial score (nSPS) is 27.8. The number of hydrogen-bond acceptors (Lipinski definition) is 4. The lowest BCUT2D eigenvalue weighted by Crippen LogP contribution is -2.27. The number of ether oxygens (including phenoxy) is 2. The molecule has 2 fully saturated rings. The second kappa shape index (κ2) is 8.18. The summed E-state index contributed by atoms with van der Waals surface area (Å²) in [4.78, 5) is 21.4. The molecule has 0 aromatic heterocycles. The van der Waals surface area contributed by atoms with Crippen LogP contribution in [-0.4, -0.2) is 24.6 Å². The van der Waals surface area contributed by atoms with E-state index in [4.69, 9.17) is 9.47 Å². The number of cyclic esters (lactones) is 2. The van der Waals surface area contributed by atoms with Crippen molar-refractivity contribution in [2.75, 3.05) is 6.61 Å². The quantitative estimate of drug-likeness (QED) is 0.687. The van der Waals surface area contributed by atoms with Crippen LogP contribution in [0.4, 0.5) is 0 Å². The number of carbonyl (C=O) groups excluding carboxylic acids is 2. The van der Waals surface area contributed by atoms with Crippen LogP contribution >= 0.6 is 0 Å². The van der Waals surface area contributed by atoms with E-state index in [0.29, 0.717) is 31.3 Å². The van der Waals surface area contributed by atoms with Crippen molar-refractivity contribution in [3.05, 3.63) is 0 Å². The highest BCUT2D eigenvalue weighted by molar-refractivity contribution is 5.70. The molecule has 4 nitrogen and oxygen atoms in total. The minimum absolute atomic E-state index is 0.0232. The van der Waals surface area contributed by atoms with Crippen LogP contribution in [0.5, 0.6) is 0 Å². The Balaban J connectivity index is 0.000000191. The van der Waals surface area contributed by atoms with Crippen molar-refractivity contribution >= 4 is 11.9 Å². The van der Waals surface area contributed by atoms with Crippen molar-refractivity contribution in [3.63, 3.8) is 0 Å². The van der Waals surface area contributed by atoms with Crippen LogP contribution in [0.1, 0.15) is 59.3 Å². The smallest absolute Gasteiger partial charge is 0.306 e. The van der Waals surface area contributed by atoms with E-state index in [2.05, 4.69) is 20.8 Å². The molecule has 2 atom stereocenters. The van der Waals surface area contributed by atoms with Gasteiger partial charge in [0, 0.05) is 12.8 Å². The molecule has 2 heterocycles. The van der Waals surface area contributed by atoms with Crippen LogP contribution in [0.3, 0.4) is 0 Å². The Hall–Kier alpha value is -1.06. The summed E-state index contributed by atoms with van der Waals surface area (Å²) in [6.45, 7) is 6.95. The summed E-state index contributed by atoms with van der Waals surface area (Å²) in [5, 5.41) is 0. The molecule has 19 heavy (non-hydrogen) atoms. The fourth-order valence-corrected chi connectivity index (χ4v) is 2.16. The lowest BCUT2D eigenvalue weighted by atomic mass is 9.99. The molecule has 0 aliphatic carbocycles. The molecule has 0 spiro atoms. The predicted octanol–water partition coefficient (Wildman–Crippen LogP) is 3.09. The van der Waals surface area contributed by atoms with Crippen LogP contribution in [0, 0.1) is 11.8 Å². The van der Waals surface area contributed by atoms with Gasteiger partial charge in [0.05, 0.1) is 6.61 Å². The van der Waals surface area contributed by atoms with E-state index in [0.717, 1.165) is 25.7 Å². The van der Waals surface area contributed by atoms with Crippen molar-refractivity contribution in [2.24, 2.45) is 11.8 Å². The van der Waals surface area contributed by atoms with Crippen LogP contribution in [0.25, 0.3) is 0 Å². The average molecular weight is 270 g/mol. The summed E-state index contributed by atoms with van der Waals surface area (Å²) in [5.74, 6) is 1.09. The highest BCUT2D eigenvalue weighted by Crippen LogP contribution is 2.19. The van der Waals surface area contributed by atoms with E-state index >= 15 is 0 Å². The molecule has 0 amide bonds. The molecule has 0 saturated carbocycles. The third-order valence-corrected chi connectivity index (χ3v) is 3.61. The molecule has 2 rings (SSSR count). The van der Waals surface area contributed by atoms with Gasteiger partial charge in [0.25, 0.3) is 0 Å². The molecule has 0 N–H and O–H groups in total. The Kier molecular flexibility index (Phi) is 6.89. The Morgan fingerprint density at radius 1 is 1.05 bits per heavy atom. The van der Waals surface area contributed by atoms with Gasteiger partial charge < -0.3 is 9.47 Å². The van der Waals surface area contributed by atoms with Gasteiger partial charge in [-0.15, -0.1) is 0 Å². The molecule has 2 unspecified atom stereocenters. The van der Waals surface area contributed by atoms with Crippen LogP contribution < -0.4 is 0 Å². The summed E-state index contributed by atoms with van der Waals surface area (Å²) < 4.78 is 9.94. The van der Waals surface area contributed by atoms with Crippen LogP contribution in [-0.2, 0) is 19.1 Å². The number of carbonyl (C=O) groups is 2. The molecule has 2 aliphatic rings. The molecule has 2 aliphatic heterocycles. The fraction of sp³-hybridized carbons (Fsp3) is 0.867. The molecule has 0 radical (unpaired) electrons. The Morgan fingerprint density at radius 3 is 2.37 bits per heavy atom. The topological polar surface area (TPSA) is 52.6 Å². The van der Waals surface area contributed by atoms with Gasteiger partial charge in [-0.3, -0.25) is 9.59 Å². The van der Waals surface area contributed by atoms with Gasteiger partial charge >= 0.3 is 11.9 Å². The summed E-state index contributed by atoms with van der Waals surface area (Å²) in [6.07, 6.45) is 5.49.